The average molecular weight is 574 g/mol. The number of esters is 2. The van der Waals surface area contributed by atoms with Crippen LogP contribution in [0.2, 0.25) is 0 Å². The summed E-state index contributed by atoms with van der Waals surface area (Å²) in [5.41, 5.74) is 1.23. The molecule has 0 aliphatic carbocycles. The molecule has 0 saturated carbocycles. The lowest BCUT2D eigenvalue weighted by molar-refractivity contribution is 0.0642. The van der Waals surface area contributed by atoms with E-state index in [1.54, 1.807) is 65.6 Å². The predicted octanol–water partition coefficient (Wildman–Crippen LogP) is 8.12. The van der Waals surface area contributed by atoms with Crippen LogP contribution in [-0.4, -0.2) is 41.4 Å². The Kier molecular flexibility index (Phi) is 12.6. The Morgan fingerprint density at radius 2 is 0.976 bits per heavy atom. The average Bonchev–Trinajstić information content (AvgIpc) is 2.97. The van der Waals surface area contributed by atoms with E-state index in [0.717, 1.165) is 18.6 Å². The molecule has 0 N–H and O–H groups in total. The number of ether oxygens (including phenoxy) is 3. The van der Waals surface area contributed by atoms with Gasteiger partial charge in [-0.05, 0) is 107 Å². The molecule has 0 fully saturated rings. The number of hydrogen-bond acceptors (Lipinski definition) is 6. The number of carbonyl (C=O) groups is 3. The smallest absolute Gasteiger partial charge is 0.343 e. The Morgan fingerprint density at radius 1 is 0.571 bits per heavy atom. The zero-order chi connectivity index (χ0) is 30.5. The van der Waals surface area contributed by atoms with E-state index in [1.165, 1.54) is 37.8 Å². The largest absolute Gasteiger partial charge is 0.494 e. The number of rotatable bonds is 15. The van der Waals surface area contributed by atoms with Crippen molar-refractivity contribution >= 4 is 17.8 Å². The van der Waals surface area contributed by atoms with Gasteiger partial charge in [-0.25, -0.2) is 9.59 Å². The number of unbranched alkanes of at least 4 members (excludes halogenated alkanes) is 5. The first kappa shape index (κ1) is 32.4. The summed E-state index contributed by atoms with van der Waals surface area (Å²) < 4.78 is 16.7. The molecule has 0 radical (unpaired) electrons. The first-order chi connectivity index (χ1) is 20.2. The summed E-state index contributed by atoms with van der Waals surface area (Å²) in [6.45, 7) is 10.8. The van der Waals surface area contributed by atoms with Gasteiger partial charge in [0.1, 0.15) is 17.2 Å². The summed E-state index contributed by atoms with van der Waals surface area (Å²) in [7, 11) is 0. The van der Waals surface area contributed by atoms with Gasteiger partial charge in [0.05, 0.1) is 17.7 Å². The summed E-state index contributed by atoms with van der Waals surface area (Å²) in [4.78, 5) is 39.9. The lowest BCUT2D eigenvalue weighted by atomic mass is 10.1. The van der Waals surface area contributed by atoms with E-state index in [-0.39, 0.29) is 18.0 Å². The molecule has 224 valence electrons. The van der Waals surface area contributed by atoms with Crippen LogP contribution >= 0.6 is 0 Å². The maximum atomic E-state index is 12.9. The predicted molar refractivity (Wildman–Crippen MR) is 165 cm³/mol. The molecule has 0 bridgehead atoms. The van der Waals surface area contributed by atoms with Crippen molar-refractivity contribution in [1.29, 1.82) is 0 Å². The highest BCUT2D eigenvalue weighted by atomic mass is 16.5. The molecule has 0 spiro atoms. The molecule has 42 heavy (non-hydrogen) atoms. The van der Waals surface area contributed by atoms with E-state index in [9.17, 15) is 14.4 Å². The highest BCUT2D eigenvalue weighted by Crippen LogP contribution is 2.20. The fourth-order valence-electron chi connectivity index (χ4n) is 4.63. The lowest BCUT2D eigenvalue weighted by Gasteiger charge is -2.30. The van der Waals surface area contributed by atoms with Crippen LogP contribution in [0.15, 0.2) is 72.8 Å². The molecule has 0 unspecified atom stereocenters. The molecule has 3 aromatic carbocycles. The molecule has 0 heterocycles. The quantitative estimate of drug-likeness (QED) is 0.104. The van der Waals surface area contributed by atoms with Crippen molar-refractivity contribution in [2.45, 2.75) is 85.2 Å². The van der Waals surface area contributed by atoms with Crippen molar-refractivity contribution in [1.82, 2.24) is 4.90 Å². The Bertz CT molecular complexity index is 1270. The second-order valence-electron chi connectivity index (χ2n) is 10.9. The molecule has 0 saturated heterocycles. The van der Waals surface area contributed by atoms with Crippen LogP contribution in [0.5, 0.6) is 17.2 Å². The highest BCUT2D eigenvalue weighted by Gasteiger charge is 2.21. The Morgan fingerprint density at radius 3 is 1.43 bits per heavy atom. The van der Waals surface area contributed by atoms with Gasteiger partial charge in [-0.2, -0.15) is 0 Å². The van der Waals surface area contributed by atoms with Gasteiger partial charge in [0, 0.05) is 17.6 Å². The molecule has 7 heteroatoms. The molecule has 0 atom stereocenters. The third-order valence-electron chi connectivity index (χ3n) is 6.82. The number of amides is 1. The van der Waals surface area contributed by atoms with Gasteiger partial charge >= 0.3 is 11.9 Å². The van der Waals surface area contributed by atoms with E-state index in [4.69, 9.17) is 14.2 Å². The molecule has 3 rings (SSSR count). The SMILES string of the molecule is CCCCCCCCOc1ccc(C(=O)Oc2ccc(C(=O)Oc3ccc(C(=O)N(C(C)C)C(C)C)cc3)cc2)cc1. The van der Waals surface area contributed by atoms with Crippen molar-refractivity contribution in [3.63, 3.8) is 0 Å². The van der Waals surface area contributed by atoms with Gasteiger partial charge in [-0.3, -0.25) is 4.79 Å². The first-order valence-electron chi connectivity index (χ1n) is 14.9. The second-order valence-corrected chi connectivity index (χ2v) is 10.9. The van der Waals surface area contributed by atoms with Crippen molar-refractivity contribution in [3.05, 3.63) is 89.5 Å². The lowest BCUT2D eigenvalue weighted by Crippen LogP contribution is -2.42. The van der Waals surface area contributed by atoms with Crippen LogP contribution in [0.25, 0.3) is 0 Å². The maximum Gasteiger partial charge on any atom is 0.343 e. The topological polar surface area (TPSA) is 82.1 Å². The van der Waals surface area contributed by atoms with Gasteiger partial charge in [-0.1, -0.05) is 39.0 Å². The monoisotopic (exact) mass is 573 g/mol. The van der Waals surface area contributed by atoms with Crippen LogP contribution in [-0.2, 0) is 0 Å². The molecule has 3 aromatic rings. The molecule has 0 aromatic heterocycles. The van der Waals surface area contributed by atoms with Gasteiger partial charge in [0.25, 0.3) is 5.91 Å². The van der Waals surface area contributed by atoms with Gasteiger partial charge < -0.3 is 19.1 Å². The third-order valence-corrected chi connectivity index (χ3v) is 6.82. The Labute approximate surface area is 249 Å². The Balaban J connectivity index is 1.48. The van der Waals surface area contributed by atoms with E-state index in [1.807, 2.05) is 27.7 Å². The number of hydrogen-bond donors (Lipinski definition) is 0. The molecule has 7 nitrogen and oxygen atoms in total. The zero-order valence-electron chi connectivity index (χ0n) is 25.4. The zero-order valence-corrected chi connectivity index (χ0v) is 25.4. The van der Waals surface area contributed by atoms with Crippen molar-refractivity contribution in [2.75, 3.05) is 6.61 Å². The fraction of sp³-hybridized carbons (Fsp3) is 0.400. The molecule has 0 aliphatic rings. The Hall–Kier alpha value is -4.13. The summed E-state index contributed by atoms with van der Waals surface area (Å²) in [6, 6.07) is 19.7. The van der Waals surface area contributed by atoms with Crippen molar-refractivity contribution in [3.8, 4) is 17.2 Å². The summed E-state index contributed by atoms with van der Waals surface area (Å²) >= 11 is 0. The standard InChI is InChI=1S/C35H43NO6/c1-6-7-8-9-10-11-24-40-30-18-14-28(15-19-30)34(38)42-32-22-16-29(17-23-32)35(39)41-31-20-12-27(13-21-31)33(37)36(25(2)3)26(4)5/h12-23,25-26H,6-11,24H2,1-5H3. The van der Waals surface area contributed by atoms with E-state index < -0.39 is 11.9 Å². The summed E-state index contributed by atoms with van der Waals surface area (Å²) in [6.07, 6.45) is 7.20. The summed E-state index contributed by atoms with van der Waals surface area (Å²) in [5.74, 6) is 0.216. The maximum absolute atomic E-state index is 12.9. The minimum atomic E-state index is -0.561. The number of benzene rings is 3. The van der Waals surface area contributed by atoms with E-state index in [0.29, 0.717) is 34.8 Å². The van der Waals surface area contributed by atoms with Crippen molar-refractivity contribution in [2.24, 2.45) is 0 Å². The van der Waals surface area contributed by atoms with Gasteiger partial charge in [0.2, 0.25) is 0 Å². The molecular weight excluding hydrogens is 530 g/mol. The third kappa shape index (κ3) is 9.75. The summed E-state index contributed by atoms with van der Waals surface area (Å²) in [5, 5.41) is 0. The normalized spacial score (nSPS) is 10.9. The highest BCUT2D eigenvalue weighted by molar-refractivity contribution is 5.95. The molecular formula is C35H43NO6. The van der Waals surface area contributed by atoms with Gasteiger partial charge in [-0.15, -0.1) is 0 Å². The number of nitrogens with zero attached hydrogens (tertiary/aromatic N) is 1. The van der Waals surface area contributed by atoms with Gasteiger partial charge in [0.15, 0.2) is 0 Å². The van der Waals surface area contributed by atoms with Crippen LogP contribution in [0, 0.1) is 0 Å². The first-order valence-corrected chi connectivity index (χ1v) is 14.9. The number of carbonyl (C=O) groups excluding carboxylic acids is 3. The fourth-order valence-corrected chi connectivity index (χ4v) is 4.63. The minimum Gasteiger partial charge on any atom is -0.494 e. The van der Waals surface area contributed by atoms with E-state index in [2.05, 4.69) is 6.92 Å². The van der Waals surface area contributed by atoms with Crippen LogP contribution in [0.4, 0.5) is 0 Å². The van der Waals surface area contributed by atoms with Crippen molar-refractivity contribution < 1.29 is 28.6 Å². The van der Waals surface area contributed by atoms with E-state index >= 15 is 0 Å². The minimum absolute atomic E-state index is 0.0666. The second kappa shape index (κ2) is 16.3. The molecule has 1 amide bonds. The van der Waals surface area contributed by atoms with Crippen LogP contribution in [0.3, 0.4) is 0 Å². The van der Waals surface area contributed by atoms with Crippen LogP contribution < -0.4 is 14.2 Å². The van der Waals surface area contributed by atoms with Crippen LogP contribution in [0.1, 0.15) is 104 Å². The molecule has 0 aliphatic heterocycles.